The van der Waals surface area contributed by atoms with Crippen LogP contribution in [0.15, 0.2) is 36.7 Å². The zero-order valence-electron chi connectivity index (χ0n) is 13.8. The summed E-state index contributed by atoms with van der Waals surface area (Å²) < 4.78 is 39.9. The third-order valence-electron chi connectivity index (χ3n) is 5.03. The molecule has 2 atom stereocenters. The highest BCUT2D eigenvalue weighted by Crippen LogP contribution is 2.39. The highest BCUT2D eigenvalue weighted by molar-refractivity contribution is 5.90. The van der Waals surface area contributed by atoms with E-state index in [0.29, 0.717) is 0 Å². The van der Waals surface area contributed by atoms with Crippen molar-refractivity contribution in [1.29, 1.82) is 0 Å². The summed E-state index contributed by atoms with van der Waals surface area (Å²) in [6.45, 7) is 0. The van der Waals surface area contributed by atoms with Crippen molar-refractivity contribution in [3.8, 4) is 11.3 Å². The Hall–Kier alpha value is -2.64. The second-order valence-corrected chi connectivity index (χ2v) is 6.64. The van der Waals surface area contributed by atoms with Gasteiger partial charge in [-0.25, -0.2) is 9.78 Å². The van der Waals surface area contributed by atoms with Gasteiger partial charge in [0.05, 0.1) is 11.3 Å². The average molecular weight is 362 g/mol. The molecule has 0 aliphatic carbocycles. The Kier molecular flexibility index (Phi) is 4.05. The molecule has 2 aromatic rings. The Bertz CT molecular complexity index is 811. The fourth-order valence-corrected chi connectivity index (χ4v) is 3.79. The zero-order chi connectivity index (χ0) is 18.3. The molecule has 2 aromatic heterocycles. The molecule has 2 aliphatic rings. The topological polar surface area (TPSA) is 58.1 Å². The van der Waals surface area contributed by atoms with Gasteiger partial charge in [-0.2, -0.15) is 13.2 Å². The van der Waals surface area contributed by atoms with Crippen molar-refractivity contribution in [2.24, 2.45) is 0 Å². The summed E-state index contributed by atoms with van der Waals surface area (Å²) in [6.07, 6.45) is 1.69. The molecule has 2 amide bonds. The fraction of sp³-hybridized carbons (Fsp3) is 0.389. The Morgan fingerprint density at radius 1 is 1.19 bits per heavy atom. The van der Waals surface area contributed by atoms with Crippen molar-refractivity contribution >= 4 is 11.8 Å². The lowest BCUT2D eigenvalue weighted by atomic mass is 9.80. The van der Waals surface area contributed by atoms with Crippen molar-refractivity contribution in [2.45, 2.75) is 43.9 Å². The Balaban J connectivity index is 1.62. The maximum absolute atomic E-state index is 13.3. The van der Waals surface area contributed by atoms with Crippen LogP contribution in [0, 0.1) is 0 Å². The van der Waals surface area contributed by atoms with E-state index in [2.05, 4.69) is 15.3 Å². The Morgan fingerprint density at radius 2 is 1.96 bits per heavy atom. The second kappa shape index (κ2) is 6.26. The van der Waals surface area contributed by atoms with Gasteiger partial charge in [-0.15, -0.1) is 0 Å². The number of rotatable bonds is 2. The molecule has 4 rings (SSSR count). The first kappa shape index (κ1) is 16.8. The molecule has 0 spiro atoms. The van der Waals surface area contributed by atoms with E-state index in [9.17, 15) is 18.0 Å². The normalized spacial score (nSPS) is 21.9. The van der Waals surface area contributed by atoms with E-state index in [4.69, 9.17) is 0 Å². The molecule has 0 radical (unpaired) electrons. The van der Waals surface area contributed by atoms with Gasteiger partial charge >= 0.3 is 12.2 Å². The van der Waals surface area contributed by atoms with Crippen LogP contribution in [-0.2, 0) is 6.18 Å². The lowest BCUT2D eigenvalue weighted by Crippen LogP contribution is -2.62. The number of hydrogen-bond acceptors (Lipinski definition) is 3. The second-order valence-electron chi connectivity index (χ2n) is 6.64. The van der Waals surface area contributed by atoms with Crippen LogP contribution in [0.4, 0.5) is 23.8 Å². The maximum Gasteiger partial charge on any atom is 0.418 e. The number of piperidine rings is 1. The summed E-state index contributed by atoms with van der Waals surface area (Å²) >= 11 is 0. The SMILES string of the molecule is O=C(Nc1cc(-c2ccccn2)c(C(F)(F)F)cn1)N1C2CCCC1C2. The van der Waals surface area contributed by atoms with Crippen LogP contribution in [0.25, 0.3) is 11.3 Å². The number of fused-ring (bicyclic) bond motifs is 2. The fourth-order valence-electron chi connectivity index (χ4n) is 3.79. The third kappa shape index (κ3) is 3.00. The highest BCUT2D eigenvalue weighted by atomic mass is 19.4. The number of carbonyl (C=O) groups excluding carboxylic acids is 1. The molecular formula is C18H17F3N4O. The van der Waals surface area contributed by atoms with Gasteiger partial charge < -0.3 is 4.90 Å². The van der Waals surface area contributed by atoms with Crippen LogP contribution in [0.2, 0.25) is 0 Å². The van der Waals surface area contributed by atoms with Crippen LogP contribution < -0.4 is 5.32 Å². The predicted octanol–water partition coefficient (Wildman–Crippen LogP) is 4.32. The smallest absolute Gasteiger partial charge is 0.318 e. The first-order valence-corrected chi connectivity index (χ1v) is 8.51. The molecule has 26 heavy (non-hydrogen) atoms. The summed E-state index contributed by atoms with van der Waals surface area (Å²) in [7, 11) is 0. The van der Waals surface area contributed by atoms with Gasteiger partial charge in [0.25, 0.3) is 0 Å². The Morgan fingerprint density at radius 3 is 2.58 bits per heavy atom. The highest BCUT2D eigenvalue weighted by Gasteiger charge is 2.44. The number of anilines is 1. The number of halogens is 3. The molecule has 0 saturated carbocycles. The van der Waals surface area contributed by atoms with E-state index in [0.717, 1.165) is 31.9 Å². The van der Waals surface area contributed by atoms with Crippen molar-refractivity contribution < 1.29 is 18.0 Å². The minimum atomic E-state index is -4.56. The number of alkyl halides is 3. The predicted molar refractivity (Wildman–Crippen MR) is 89.4 cm³/mol. The van der Waals surface area contributed by atoms with Crippen LogP contribution in [0.5, 0.6) is 0 Å². The van der Waals surface area contributed by atoms with Crippen molar-refractivity contribution in [3.63, 3.8) is 0 Å². The van der Waals surface area contributed by atoms with Crippen molar-refractivity contribution in [3.05, 3.63) is 42.2 Å². The molecule has 2 bridgehead atoms. The molecule has 2 aliphatic heterocycles. The molecule has 1 N–H and O–H groups in total. The van der Waals surface area contributed by atoms with Crippen LogP contribution in [0.3, 0.4) is 0 Å². The first-order valence-electron chi connectivity index (χ1n) is 8.51. The number of hydrogen-bond donors (Lipinski definition) is 1. The lowest BCUT2D eigenvalue weighted by molar-refractivity contribution is -0.137. The van der Waals surface area contributed by atoms with Gasteiger partial charge in [0.1, 0.15) is 5.82 Å². The third-order valence-corrected chi connectivity index (χ3v) is 5.03. The molecular weight excluding hydrogens is 345 g/mol. The van der Waals surface area contributed by atoms with E-state index in [1.807, 2.05) is 0 Å². The quantitative estimate of drug-likeness (QED) is 0.866. The van der Waals surface area contributed by atoms with Gasteiger partial charge in [0.2, 0.25) is 0 Å². The molecule has 2 unspecified atom stereocenters. The average Bonchev–Trinajstić information content (AvgIpc) is 2.62. The molecule has 4 heterocycles. The van der Waals surface area contributed by atoms with Crippen molar-refractivity contribution in [2.75, 3.05) is 5.32 Å². The molecule has 5 nitrogen and oxygen atoms in total. The Labute approximate surface area is 148 Å². The zero-order valence-corrected chi connectivity index (χ0v) is 13.8. The van der Waals surface area contributed by atoms with Gasteiger partial charge in [0.15, 0.2) is 0 Å². The van der Waals surface area contributed by atoms with Gasteiger partial charge in [0, 0.05) is 30.0 Å². The van der Waals surface area contributed by atoms with Crippen LogP contribution in [-0.4, -0.2) is 33.0 Å². The number of nitrogens with zero attached hydrogens (tertiary/aromatic N) is 3. The summed E-state index contributed by atoms with van der Waals surface area (Å²) in [5.74, 6) is 0.0913. The summed E-state index contributed by atoms with van der Waals surface area (Å²) in [5.41, 5.74) is -0.805. The van der Waals surface area contributed by atoms with E-state index in [-0.39, 0.29) is 35.2 Å². The van der Waals surface area contributed by atoms with E-state index >= 15 is 0 Å². The summed E-state index contributed by atoms with van der Waals surface area (Å²) in [6, 6.07) is 6.14. The van der Waals surface area contributed by atoms with Crippen molar-refractivity contribution in [1.82, 2.24) is 14.9 Å². The largest absolute Gasteiger partial charge is 0.418 e. The van der Waals surface area contributed by atoms with Gasteiger partial charge in [-0.1, -0.05) is 6.07 Å². The van der Waals surface area contributed by atoms with Crippen LogP contribution in [0.1, 0.15) is 31.2 Å². The first-order chi connectivity index (χ1) is 12.4. The molecule has 136 valence electrons. The van der Waals surface area contributed by atoms with Gasteiger partial charge in [-0.05, 0) is 43.9 Å². The number of carbonyl (C=O) groups is 1. The number of urea groups is 1. The molecule has 8 heteroatoms. The van der Waals surface area contributed by atoms with Crippen LogP contribution >= 0.6 is 0 Å². The summed E-state index contributed by atoms with van der Waals surface area (Å²) in [4.78, 5) is 22.1. The maximum atomic E-state index is 13.3. The minimum Gasteiger partial charge on any atom is -0.318 e. The number of nitrogens with one attached hydrogen (secondary N) is 1. The number of aromatic nitrogens is 2. The van der Waals surface area contributed by atoms with Gasteiger partial charge in [-0.3, -0.25) is 10.3 Å². The standard InChI is InChI=1S/C18H17F3N4O/c19-18(20,21)14-10-23-16(9-13(14)15-6-1-2-7-22-15)24-17(26)25-11-4-3-5-12(25)8-11/h1-2,6-7,9-12H,3-5,8H2,(H,23,24,26). The molecule has 2 fully saturated rings. The molecule has 2 saturated heterocycles. The number of amides is 2. The van der Waals surface area contributed by atoms with E-state index in [1.165, 1.54) is 18.3 Å². The molecule has 0 aromatic carbocycles. The monoisotopic (exact) mass is 362 g/mol. The van der Waals surface area contributed by atoms with E-state index < -0.39 is 11.7 Å². The number of pyridine rings is 2. The van der Waals surface area contributed by atoms with E-state index in [1.54, 1.807) is 17.0 Å². The minimum absolute atomic E-state index is 0.0913. The summed E-state index contributed by atoms with van der Waals surface area (Å²) in [5, 5.41) is 2.64. The lowest BCUT2D eigenvalue weighted by Gasteiger charge is -2.52.